The predicted molar refractivity (Wildman–Crippen MR) is 52.4 cm³/mol. The van der Waals surface area contributed by atoms with Gasteiger partial charge in [-0.2, -0.15) is 0 Å². The van der Waals surface area contributed by atoms with Crippen LogP contribution in [0.4, 0.5) is 0 Å². The number of hydrogen-bond donors (Lipinski definition) is 4. The quantitative estimate of drug-likeness (QED) is 0.410. The normalized spacial score (nSPS) is 13.1. The summed E-state index contributed by atoms with van der Waals surface area (Å²) in [4.78, 5) is 0. The maximum absolute atomic E-state index is 10.7. The molecule has 0 aliphatic carbocycles. The third-order valence-electron chi connectivity index (χ3n) is 0.588. The van der Waals surface area contributed by atoms with Gasteiger partial charge >= 0.3 is 0 Å². The summed E-state index contributed by atoms with van der Waals surface area (Å²) < 4.78 is 19.4. The van der Waals surface area contributed by atoms with E-state index in [0.717, 1.165) is 0 Å². The Labute approximate surface area is 76.3 Å². The molecule has 0 aliphatic heterocycles. The van der Waals surface area contributed by atoms with Gasteiger partial charge in [0.2, 0.25) is 0 Å². The molecule has 0 heterocycles. The molecule has 0 amide bonds. The lowest BCUT2D eigenvalue weighted by atomic mass is 11.8. The third kappa shape index (κ3) is 2.83. The smallest absolute Gasteiger partial charge is 0.192 e. The van der Waals surface area contributed by atoms with Crippen LogP contribution in [-0.4, -0.2) is 16.2 Å². The van der Waals surface area contributed by atoms with E-state index < -0.39 is 17.7 Å². The van der Waals surface area contributed by atoms with Gasteiger partial charge in [-0.05, 0) is 0 Å². The average Bonchev–Trinajstić information content (AvgIpc) is 1.65. The van der Waals surface area contributed by atoms with E-state index >= 15 is 0 Å². The van der Waals surface area contributed by atoms with Crippen LogP contribution < -0.4 is 0 Å². The lowest BCUT2D eigenvalue weighted by molar-refractivity contribution is 0.603. The summed E-state index contributed by atoms with van der Waals surface area (Å²) in [5, 5.41) is 0. The van der Waals surface area contributed by atoms with E-state index in [-0.39, 0.29) is 0 Å². The monoisotopic (exact) mass is 222 g/mol. The summed E-state index contributed by atoms with van der Waals surface area (Å²) in [5.41, 5.74) is 0. The van der Waals surface area contributed by atoms with Crippen LogP contribution in [0.5, 0.6) is 0 Å². The van der Waals surface area contributed by atoms with Gasteiger partial charge in [0.15, 0.2) is 9.84 Å². The Balaban J connectivity index is 4.42. The van der Waals surface area contributed by atoms with Gasteiger partial charge in [0.25, 0.3) is 0 Å². The van der Waals surface area contributed by atoms with Crippen molar-refractivity contribution >= 4 is 60.4 Å². The zero-order chi connectivity index (χ0) is 7.65. The zero-order valence-corrected chi connectivity index (χ0v) is 8.56. The highest BCUT2D eigenvalue weighted by atomic mass is 32.3. The van der Waals surface area contributed by atoms with Crippen molar-refractivity contribution in [3.05, 3.63) is 0 Å². The minimum atomic E-state index is -3.36. The molecule has 0 unspecified atom stereocenters. The highest BCUT2D eigenvalue weighted by molar-refractivity contribution is 8.27. The molecular weight excluding hydrogens is 216 g/mol. The second-order valence-electron chi connectivity index (χ2n) is 1.24. The maximum Gasteiger partial charge on any atom is 0.192 e. The van der Waals surface area contributed by atoms with Crippen molar-refractivity contribution in [2.45, 2.75) is 7.83 Å². The summed E-state index contributed by atoms with van der Waals surface area (Å²) in [7, 11) is -3.36. The van der Waals surface area contributed by atoms with Crippen molar-refractivity contribution in [3.63, 3.8) is 0 Å². The summed E-state index contributed by atoms with van der Waals surface area (Å²) in [5.74, 6) is 0. The van der Waals surface area contributed by atoms with Crippen LogP contribution in [0, 0.1) is 0 Å². The highest BCUT2D eigenvalue weighted by Gasteiger charge is 2.23. The summed E-state index contributed by atoms with van der Waals surface area (Å²) in [6.07, 6.45) is 0. The van der Waals surface area contributed by atoms with Crippen LogP contribution in [0.3, 0.4) is 0 Å². The Bertz CT molecular complexity index is 153. The zero-order valence-electron chi connectivity index (χ0n) is 4.17. The van der Waals surface area contributed by atoms with Crippen LogP contribution in [0.1, 0.15) is 0 Å². The summed E-state index contributed by atoms with van der Waals surface area (Å²) in [6, 6.07) is 0. The molecule has 9 heavy (non-hydrogen) atoms. The number of thiol groups is 4. The van der Waals surface area contributed by atoms with Crippen molar-refractivity contribution in [2.75, 3.05) is 0 Å². The van der Waals surface area contributed by atoms with Crippen molar-refractivity contribution < 1.29 is 8.42 Å². The molecule has 0 spiro atoms. The molecule has 0 aromatic heterocycles. The van der Waals surface area contributed by atoms with Gasteiger partial charge in [-0.3, -0.25) is 0 Å². The molecule has 0 radical (unpaired) electrons. The summed E-state index contributed by atoms with van der Waals surface area (Å²) >= 11 is 14.4. The molecule has 0 aromatic rings. The first-order chi connectivity index (χ1) is 3.89. The van der Waals surface area contributed by atoms with Gasteiger partial charge in [-0.1, -0.05) is 0 Å². The molecule has 0 atom stereocenters. The molecule has 0 aromatic carbocycles. The van der Waals surface area contributed by atoms with Gasteiger partial charge in [0, 0.05) is 0 Å². The Morgan fingerprint density at radius 2 is 1.11 bits per heavy atom. The Kier molecular flexibility index (Phi) is 4.21. The molecule has 0 saturated carbocycles. The standard InChI is InChI=1S/C2H6O2S5/c3-9(4,1(5)6)2(7)8/h1-2,5-8H. The van der Waals surface area contributed by atoms with Gasteiger partial charge < -0.3 is 0 Å². The fourth-order valence-electron chi connectivity index (χ4n) is 0.109. The second-order valence-corrected chi connectivity index (χ2v) is 7.64. The number of hydrogen-bond acceptors (Lipinski definition) is 6. The lowest BCUT2D eigenvalue weighted by Crippen LogP contribution is -2.16. The molecule has 0 aliphatic rings. The van der Waals surface area contributed by atoms with Crippen molar-refractivity contribution in [1.29, 1.82) is 0 Å². The van der Waals surface area contributed by atoms with Gasteiger partial charge in [0.05, 0.1) is 0 Å². The lowest BCUT2D eigenvalue weighted by Gasteiger charge is -2.06. The molecule has 0 N–H and O–H groups in total. The van der Waals surface area contributed by atoms with Crippen LogP contribution in [0.2, 0.25) is 0 Å². The van der Waals surface area contributed by atoms with Crippen LogP contribution >= 0.6 is 50.5 Å². The van der Waals surface area contributed by atoms with Crippen molar-refractivity contribution in [2.24, 2.45) is 0 Å². The first-order valence-corrected chi connectivity index (χ1v) is 5.51. The summed E-state index contributed by atoms with van der Waals surface area (Å²) in [6.45, 7) is 0. The first kappa shape index (κ1) is 10.3. The maximum atomic E-state index is 10.7. The molecule has 0 fully saturated rings. The van der Waals surface area contributed by atoms with E-state index in [4.69, 9.17) is 0 Å². The van der Waals surface area contributed by atoms with E-state index in [2.05, 4.69) is 50.5 Å². The average molecular weight is 222 g/mol. The van der Waals surface area contributed by atoms with Crippen molar-refractivity contribution in [3.8, 4) is 0 Å². The molecule has 0 rings (SSSR count). The van der Waals surface area contributed by atoms with Crippen molar-refractivity contribution in [1.82, 2.24) is 0 Å². The molecule has 0 bridgehead atoms. The Morgan fingerprint density at radius 3 is 1.11 bits per heavy atom. The first-order valence-electron chi connectivity index (χ1n) is 1.84. The van der Waals surface area contributed by atoms with Gasteiger partial charge in [0.1, 0.15) is 7.83 Å². The van der Waals surface area contributed by atoms with Gasteiger partial charge in [-0.25, -0.2) is 8.42 Å². The minimum Gasteiger partial charge on any atom is -0.225 e. The molecule has 2 nitrogen and oxygen atoms in total. The number of sulfone groups is 1. The SMILES string of the molecule is O=S(=O)(C(S)S)C(S)S. The third-order valence-corrected chi connectivity index (χ3v) is 5.29. The van der Waals surface area contributed by atoms with E-state index in [1.807, 2.05) is 0 Å². The molecule has 56 valence electrons. The van der Waals surface area contributed by atoms with Crippen LogP contribution in [0.25, 0.3) is 0 Å². The Hall–Kier alpha value is 1.35. The van der Waals surface area contributed by atoms with E-state index in [1.165, 1.54) is 0 Å². The fraction of sp³-hybridized carbons (Fsp3) is 1.00. The second kappa shape index (κ2) is 3.66. The van der Waals surface area contributed by atoms with Gasteiger partial charge in [-0.15, -0.1) is 50.5 Å². The Morgan fingerprint density at radius 1 is 0.889 bits per heavy atom. The largest absolute Gasteiger partial charge is 0.225 e. The van der Waals surface area contributed by atoms with Crippen LogP contribution in [-0.2, 0) is 9.84 Å². The van der Waals surface area contributed by atoms with E-state index in [9.17, 15) is 8.42 Å². The predicted octanol–water partition coefficient (Wildman–Crippen LogP) is 0.688. The highest BCUT2D eigenvalue weighted by Crippen LogP contribution is 2.20. The molecule has 0 saturated heterocycles. The topological polar surface area (TPSA) is 34.1 Å². The fourth-order valence-corrected chi connectivity index (χ4v) is 2.94. The molecule has 7 heteroatoms. The molecular formula is C2H6O2S5. The number of rotatable bonds is 2. The van der Waals surface area contributed by atoms with E-state index in [0.29, 0.717) is 0 Å². The minimum absolute atomic E-state index is 1.00. The van der Waals surface area contributed by atoms with Crippen LogP contribution in [0.15, 0.2) is 0 Å². The van der Waals surface area contributed by atoms with E-state index in [1.54, 1.807) is 0 Å².